The summed E-state index contributed by atoms with van der Waals surface area (Å²) in [7, 11) is 0. The quantitative estimate of drug-likeness (QED) is 0.897. The van der Waals surface area contributed by atoms with Crippen molar-refractivity contribution in [2.75, 3.05) is 26.2 Å². The van der Waals surface area contributed by atoms with Crippen LogP contribution in [0.25, 0.3) is 0 Å². The zero-order valence-corrected chi connectivity index (χ0v) is 12.1. The molecule has 1 N–H and O–H groups in total. The molecule has 1 aromatic rings. The van der Waals surface area contributed by atoms with Crippen LogP contribution in [0.2, 0.25) is 0 Å². The third kappa shape index (κ3) is 3.01. The van der Waals surface area contributed by atoms with E-state index in [0.717, 1.165) is 13.0 Å². The highest BCUT2D eigenvalue weighted by Gasteiger charge is 2.38. The summed E-state index contributed by atoms with van der Waals surface area (Å²) < 4.78 is 0. The molecule has 1 aromatic carbocycles. The maximum atomic E-state index is 3.49. The molecule has 2 heteroatoms. The first-order valence-corrected chi connectivity index (χ1v) is 7.81. The van der Waals surface area contributed by atoms with Crippen LogP contribution in [0.5, 0.6) is 0 Å². The molecule has 2 fully saturated rings. The minimum Gasteiger partial charge on any atom is -0.317 e. The van der Waals surface area contributed by atoms with E-state index in [4.69, 9.17) is 0 Å². The summed E-state index contributed by atoms with van der Waals surface area (Å²) in [5.74, 6) is 0. The lowest BCUT2D eigenvalue weighted by atomic mass is 9.78. The van der Waals surface area contributed by atoms with Gasteiger partial charge in [-0.1, -0.05) is 31.2 Å². The zero-order chi connectivity index (χ0) is 13.1. The molecule has 0 aliphatic carbocycles. The van der Waals surface area contributed by atoms with E-state index >= 15 is 0 Å². The molecule has 2 heterocycles. The molecule has 0 unspecified atom stereocenters. The van der Waals surface area contributed by atoms with Crippen molar-refractivity contribution in [3.63, 3.8) is 0 Å². The van der Waals surface area contributed by atoms with E-state index in [1.54, 1.807) is 0 Å². The number of hydrogen-bond acceptors (Lipinski definition) is 2. The number of rotatable bonds is 3. The summed E-state index contributed by atoms with van der Waals surface area (Å²) in [5, 5.41) is 3.49. The van der Waals surface area contributed by atoms with Crippen molar-refractivity contribution in [3.05, 3.63) is 35.4 Å². The summed E-state index contributed by atoms with van der Waals surface area (Å²) in [4.78, 5) is 2.66. The number of piperidine rings is 1. The van der Waals surface area contributed by atoms with E-state index in [1.165, 1.54) is 56.6 Å². The van der Waals surface area contributed by atoms with Crippen LogP contribution in [0.15, 0.2) is 24.3 Å². The van der Waals surface area contributed by atoms with Gasteiger partial charge in [0.2, 0.25) is 0 Å². The van der Waals surface area contributed by atoms with Gasteiger partial charge in [0.15, 0.2) is 0 Å². The van der Waals surface area contributed by atoms with Crippen molar-refractivity contribution in [2.45, 2.75) is 39.2 Å². The molecule has 0 atom stereocenters. The van der Waals surface area contributed by atoms with Crippen molar-refractivity contribution in [3.8, 4) is 0 Å². The minimum absolute atomic E-state index is 0.634. The first-order chi connectivity index (χ1) is 9.30. The average Bonchev–Trinajstić information content (AvgIpc) is 2.83. The summed E-state index contributed by atoms with van der Waals surface area (Å²) in [6.45, 7) is 8.40. The lowest BCUT2D eigenvalue weighted by molar-refractivity contribution is 0.194. The number of hydrogen-bond donors (Lipinski definition) is 1. The maximum Gasteiger partial charge on any atom is 0.0233 e. The fourth-order valence-corrected chi connectivity index (χ4v) is 3.67. The number of benzene rings is 1. The highest BCUT2D eigenvalue weighted by atomic mass is 15.2. The average molecular weight is 258 g/mol. The molecule has 2 nitrogen and oxygen atoms in total. The third-order valence-corrected chi connectivity index (χ3v) is 5.02. The molecule has 19 heavy (non-hydrogen) atoms. The van der Waals surface area contributed by atoms with Gasteiger partial charge in [-0.25, -0.2) is 0 Å². The second kappa shape index (κ2) is 5.64. The SMILES string of the molecule is CCc1ccc(CN2CCC3(CCNCC3)C2)cc1. The van der Waals surface area contributed by atoms with Crippen LogP contribution in [0.3, 0.4) is 0 Å². The van der Waals surface area contributed by atoms with E-state index in [1.807, 2.05) is 0 Å². The molecule has 1 spiro atoms. The van der Waals surface area contributed by atoms with E-state index < -0.39 is 0 Å². The van der Waals surface area contributed by atoms with Crippen LogP contribution in [0.1, 0.15) is 37.3 Å². The molecule has 2 aliphatic heterocycles. The molecule has 0 amide bonds. The number of nitrogens with one attached hydrogen (secondary N) is 1. The predicted molar refractivity (Wildman–Crippen MR) is 80.3 cm³/mol. The molecule has 0 bridgehead atoms. The Morgan fingerprint density at radius 1 is 1.05 bits per heavy atom. The Kier molecular flexibility index (Phi) is 3.90. The molecule has 0 aromatic heterocycles. The molecule has 2 aliphatic rings. The van der Waals surface area contributed by atoms with Gasteiger partial charge in [0.1, 0.15) is 0 Å². The Morgan fingerprint density at radius 2 is 1.74 bits per heavy atom. The van der Waals surface area contributed by atoms with Gasteiger partial charge in [0.05, 0.1) is 0 Å². The van der Waals surface area contributed by atoms with Crippen molar-refractivity contribution in [2.24, 2.45) is 5.41 Å². The summed E-state index contributed by atoms with van der Waals surface area (Å²) in [5.41, 5.74) is 3.55. The van der Waals surface area contributed by atoms with Crippen LogP contribution in [0, 0.1) is 5.41 Å². The van der Waals surface area contributed by atoms with Crippen molar-refractivity contribution in [1.29, 1.82) is 0 Å². The number of aryl methyl sites for hydroxylation is 1. The van der Waals surface area contributed by atoms with Gasteiger partial charge in [0, 0.05) is 13.1 Å². The maximum absolute atomic E-state index is 3.49. The van der Waals surface area contributed by atoms with E-state index in [-0.39, 0.29) is 0 Å². The molecule has 0 radical (unpaired) electrons. The monoisotopic (exact) mass is 258 g/mol. The second-order valence-electron chi connectivity index (χ2n) is 6.38. The van der Waals surface area contributed by atoms with Crippen molar-refractivity contribution in [1.82, 2.24) is 10.2 Å². The normalized spacial score (nSPS) is 23.0. The van der Waals surface area contributed by atoms with Gasteiger partial charge in [-0.2, -0.15) is 0 Å². The molecule has 2 saturated heterocycles. The van der Waals surface area contributed by atoms with Crippen LogP contribution in [-0.2, 0) is 13.0 Å². The first kappa shape index (κ1) is 13.1. The van der Waals surface area contributed by atoms with Gasteiger partial charge in [-0.3, -0.25) is 4.90 Å². The first-order valence-electron chi connectivity index (χ1n) is 7.81. The van der Waals surface area contributed by atoms with E-state index in [2.05, 4.69) is 41.4 Å². The third-order valence-electron chi connectivity index (χ3n) is 5.02. The van der Waals surface area contributed by atoms with Gasteiger partial charge in [-0.15, -0.1) is 0 Å². The minimum atomic E-state index is 0.634. The summed E-state index contributed by atoms with van der Waals surface area (Å²) >= 11 is 0. The van der Waals surface area contributed by atoms with Crippen LogP contribution >= 0.6 is 0 Å². The van der Waals surface area contributed by atoms with Gasteiger partial charge >= 0.3 is 0 Å². The Bertz CT molecular complexity index is 404. The molecule has 0 saturated carbocycles. The molecular formula is C17H26N2. The number of nitrogens with zero attached hydrogens (tertiary/aromatic N) is 1. The van der Waals surface area contributed by atoms with Crippen molar-refractivity contribution >= 4 is 0 Å². The van der Waals surface area contributed by atoms with Gasteiger partial charge < -0.3 is 5.32 Å². The van der Waals surface area contributed by atoms with Crippen molar-refractivity contribution < 1.29 is 0 Å². The second-order valence-corrected chi connectivity index (χ2v) is 6.38. The summed E-state index contributed by atoms with van der Waals surface area (Å²) in [6.07, 6.45) is 5.29. The molecule has 3 rings (SSSR count). The standard InChI is InChI=1S/C17H26N2/c1-2-15-3-5-16(6-4-15)13-19-12-9-17(14-19)7-10-18-11-8-17/h3-6,18H,2,7-14H2,1H3. The predicted octanol–water partition coefficient (Wildman–Crippen LogP) is 2.82. The largest absolute Gasteiger partial charge is 0.317 e. The Morgan fingerprint density at radius 3 is 2.42 bits per heavy atom. The molecular weight excluding hydrogens is 232 g/mol. The fraction of sp³-hybridized carbons (Fsp3) is 0.647. The molecule has 104 valence electrons. The lowest BCUT2D eigenvalue weighted by Gasteiger charge is -2.33. The van der Waals surface area contributed by atoms with Crippen LogP contribution in [-0.4, -0.2) is 31.1 Å². The Labute approximate surface area is 117 Å². The smallest absolute Gasteiger partial charge is 0.0233 e. The summed E-state index contributed by atoms with van der Waals surface area (Å²) in [6, 6.07) is 9.19. The Balaban J connectivity index is 1.58. The number of likely N-dealkylation sites (tertiary alicyclic amines) is 1. The lowest BCUT2D eigenvalue weighted by Crippen LogP contribution is -2.38. The highest BCUT2D eigenvalue weighted by Crippen LogP contribution is 2.38. The fourth-order valence-electron chi connectivity index (χ4n) is 3.67. The van der Waals surface area contributed by atoms with E-state index in [0.29, 0.717) is 5.41 Å². The topological polar surface area (TPSA) is 15.3 Å². The van der Waals surface area contributed by atoms with Gasteiger partial charge in [-0.05, 0) is 61.9 Å². The van der Waals surface area contributed by atoms with Crippen LogP contribution in [0.4, 0.5) is 0 Å². The highest BCUT2D eigenvalue weighted by molar-refractivity contribution is 5.22. The Hall–Kier alpha value is -0.860. The van der Waals surface area contributed by atoms with Gasteiger partial charge in [0.25, 0.3) is 0 Å². The van der Waals surface area contributed by atoms with E-state index in [9.17, 15) is 0 Å². The zero-order valence-electron chi connectivity index (χ0n) is 12.1. The van der Waals surface area contributed by atoms with Crippen LogP contribution < -0.4 is 5.32 Å².